The lowest BCUT2D eigenvalue weighted by Gasteiger charge is -2.18. The summed E-state index contributed by atoms with van der Waals surface area (Å²) in [7, 11) is 0. The molecule has 0 heterocycles. The van der Waals surface area contributed by atoms with E-state index in [2.05, 4.69) is 11.4 Å². The van der Waals surface area contributed by atoms with Crippen LogP contribution in [0.25, 0.3) is 0 Å². The van der Waals surface area contributed by atoms with Gasteiger partial charge in [-0.3, -0.25) is 4.79 Å². The molecule has 2 aromatic carbocycles. The highest BCUT2D eigenvalue weighted by atomic mass is 35.5. The highest BCUT2D eigenvalue weighted by Gasteiger charge is 2.19. The summed E-state index contributed by atoms with van der Waals surface area (Å²) in [5, 5.41) is 3.65. The third kappa shape index (κ3) is 4.88. The number of amides is 1. The van der Waals surface area contributed by atoms with Gasteiger partial charge in [-0.15, -0.1) is 0 Å². The summed E-state index contributed by atoms with van der Waals surface area (Å²) in [4.78, 5) is 12.4. The van der Waals surface area contributed by atoms with Crippen LogP contribution >= 0.6 is 23.2 Å². The van der Waals surface area contributed by atoms with E-state index in [-0.39, 0.29) is 5.91 Å². The van der Waals surface area contributed by atoms with Gasteiger partial charge in [-0.2, -0.15) is 0 Å². The quantitative estimate of drug-likeness (QED) is 0.782. The summed E-state index contributed by atoms with van der Waals surface area (Å²) >= 11 is 11.8. The van der Waals surface area contributed by atoms with Crippen LogP contribution < -0.4 is 10.1 Å². The van der Waals surface area contributed by atoms with Gasteiger partial charge in [0.1, 0.15) is 5.75 Å². The smallest absolute Gasteiger partial charge is 0.265 e. The van der Waals surface area contributed by atoms with E-state index in [0.29, 0.717) is 27.9 Å². The topological polar surface area (TPSA) is 38.3 Å². The maximum Gasteiger partial charge on any atom is 0.265 e. The normalized spacial score (nSPS) is 11.9. The molecule has 5 heteroatoms. The second-order valence-corrected chi connectivity index (χ2v) is 6.27. The molecule has 122 valence electrons. The molecule has 23 heavy (non-hydrogen) atoms. The number of nitrogens with one attached hydrogen (secondary N) is 1. The van der Waals surface area contributed by atoms with Crippen LogP contribution in [0.4, 0.5) is 5.69 Å². The fraction of sp³-hybridized carbons (Fsp3) is 0.278. The van der Waals surface area contributed by atoms with Crippen molar-refractivity contribution in [3.63, 3.8) is 0 Å². The molecule has 0 spiro atoms. The van der Waals surface area contributed by atoms with Gasteiger partial charge in [0.2, 0.25) is 0 Å². The van der Waals surface area contributed by atoms with Crippen LogP contribution in [0.2, 0.25) is 10.0 Å². The van der Waals surface area contributed by atoms with E-state index in [9.17, 15) is 4.79 Å². The van der Waals surface area contributed by atoms with Gasteiger partial charge in [-0.05, 0) is 61.7 Å². The molecule has 0 saturated carbocycles. The fourth-order valence-corrected chi connectivity index (χ4v) is 2.58. The second kappa shape index (κ2) is 7.71. The molecule has 0 saturated heterocycles. The predicted octanol–water partition coefficient (Wildman–Crippen LogP) is 5.41. The molecule has 0 unspecified atom stereocenters. The lowest BCUT2D eigenvalue weighted by molar-refractivity contribution is -0.122. The van der Waals surface area contributed by atoms with Gasteiger partial charge in [0.25, 0.3) is 5.91 Å². The molecule has 2 aromatic rings. The van der Waals surface area contributed by atoms with E-state index in [0.717, 1.165) is 11.1 Å². The van der Waals surface area contributed by atoms with Crippen molar-refractivity contribution >= 4 is 34.8 Å². The van der Waals surface area contributed by atoms with Crippen molar-refractivity contribution < 1.29 is 9.53 Å². The number of rotatable bonds is 5. The first-order valence-corrected chi connectivity index (χ1v) is 8.15. The van der Waals surface area contributed by atoms with Crippen LogP contribution in [0.3, 0.4) is 0 Å². The molecule has 0 aromatic heterocycles. The van der Waals surface area contributed by atoms with Crippen molar-refractivity contribution in [2.24, 2.45) is 0 Å². The van der Waals surface area contributed by atoms with Crippen molar-refractivity contribution in [1.29, 1.82) is 0 Å². The van der Waals surface area contributed by atoms with Crippen LogP contribution in [0.15, 0.2) is 36.4 Å². The van der Waals surface area contributed by atoms with Crippen molar-refractivity contribution in [1.82, 2.24) is 0 Å². The van der Waals surface area contributed by atoms with Gasteiger partial charge in [-0.25, -0.2) is 0 Å². The van der Waals surface area contributed by atoms with Gasteiger partial charge in [0, 0.05) is 5.69 Å². The molecule has 0 bridgehead atoms. The Hall–Kier alpha value is -1.71. The summed E-state index contributed by atoms with van der Waals surface area (Å²) in [6.07, 6.45) is -0.0224. The van der Waals surface area contributed by atoms with Crippen LogP contribution in [0.5, 0.6) is 5.75 Å². The molecule has 0 aliphatic heterocycles. The third-order valence-electron chi connectivity index (χ3n) is 3.32. The first kappa shape index (κ1) is 17.6. The number of halogens is 2. The number of anilines is 1. The molecule has 1 N–H and O–H groups in total. The molecule has 2 rings (SSSR count). The number of hydrogen-bond donors (Lipinski definition) is 1. The standard InChI is InChI=1S/C18H19Cl2NO2/c1-4-17(23-14-8-11(2)7-12(3)9-14)18(22)21-13-5-6-15(19)16(20)10-13/h5-10,17H,4H2,1-3H3,(H,21,22)/t17-/m0/s1. The third-order valence-corrected chi connectivity index (χ3v) is 4.06. The Labute approximate surface area is 146 Å². The zero-order valence-corrected chi connectivity index (χ0v) is 14.8. The number of carbonyl (C=O) groups excluding carboxylic acids is 1. The maximum atomic E-state index is 12.4. The van der Waals surface area contributed by atoms with E-state index in [1.165, 1.54) is 0 Å². The number of ether oxygens (including phenoxy) is 1. The number of carbonyl (C=O) groups is 1. The number of benzene rings is 2. The Bertz CT molecular complexity index is 696. The van der Waals surface area contributed by atoms with Gasteiger partial charge in [-0.1, -0.05) is 36.2 Å². The number of hydrogen-bond acceptors (Lipinski definition) is 2. The molecular formula is C18H19Cl2NO2. The van der Waals surface area contributed by atoms with E-state index in [4.69, 9.17) is 27.9 Å². The first-order valence-electron chi connectivity index (χ1n) is 7.40. The monoisotopic (exact) mass is 351 g/mol. The van der Waals surface area contributed by atoms with Gasteiger partial charge >= 0.3 is 0 Å². The highest BCUT2D eigenvalue weighted by molar-refractivity contribution is 6.42. The van der Waals surface area contributed by atoms with Crippen LogP contribution in [-0.4, -0.2) is 12.0 Å². The number of aryl methyl sites for hydroxylation is 2. The largest absolute Gasteiger partial charge is 0.481 e. The highest BCUT2D eigenvalue weighted by Crippen LogP contribution is 2.25. The summed E-state index contributed by atoms with van der Waals surface area (Å²) in [6, 6.07) is 10.9. The second-order valence-electron chi connectivity index (χ2n) is 5.46. The average Bonchev–Trinajstić information content (AvgIpc) is 2.47. The lowest BCUT2D eigenvalue weighted by atomic mass is 10.1. The van der Waals surface area contributed by atoms with E-state index in [1.807, 2.05) is 32.9 Å². The Balaban J connectivity index is 2.10. The Morgan fingerprint density at radius 2 is 1.74 bits per heavy atom. The summed E-state index contributed by atoms with van der Waals surface area (Å²) < 4.78 is 5.84. The zero-order valence-electron chi connectivity index (χ0n) is 13.3. The van der Waals surface area contributed by atoms with Gasteiger partial charge in [0.15, 0.2) is 6.10 Å². The Morgan fingerprint density at radius 1 is 1.09 bits per heavy atom. The molecule has 0 aliphatic rings. The summed E-state index contributed by atoms with van der Waals surface area (Å²) in [5.41, 5.74) is 2.78. The molecule has 3 nitrogen and oxygen atoms in total. The lowest BCUT2D eigenvalue weighted by Crippen LogP contribution is -2.32. The zero-order chi connectivity index (χ0) is 17.0. The molecule has 1 atom stereocenters. The predicted molar refractivity (Wildman–Crippen MR) is 95.7 cm³/mol. The van der Waals surface area contributed by atoms with E-state index >= 15 is 0 Å². The minimum atomic E-state index is -0.578. The molecule has 0 radical (unpaired) electrons. The van der Waals surface area contributed by atoms with Crippen LogP contribution in [0, 0.1) is 13.8 Å². The van der Waals surface area contributed by atoms with Crippen molar-refractivity contribution in [3.8, 4) is 5.75 Å². The van der Waals surface area contributed by atoms with Gasteiger partial charge < -0.3 is 10.1 Å². The molecule has 0 fully saturated rings. The molecule has 0 aliphatic carbocycles. The van der Waals surface area contributed by atoms with Crippen LogP contribution in [-0.2, 0) is 4.79 Å². The molecular weight excluding hydrogens is 333 g/mol. The van der Waals surface area contributed by atoms with Crippen molar-refractivity contribution in [3.05, 3.63) is 57.6 Å². The Kier molecular flexibility index (Phi) is 5.91. The van der Waals surface area contributed by atoms with Crippen LogP contribution in [0.1, 0.15) is 24.5 Å². The van der Waals surface area contributed by atoms with E-state index < -0.39 is 6.10 Å². The minimum absolute atomic E-state index is 0.218. The SMILES string of the molecule is CC[C@H](Oc1cc(C)cc(C)c1)C(=O)Nc1ccc(Cl)c(Cl)c1. The van der Waals surface area contributed by atoms with E-state index in [1.54, 1.807) is 18.2 Å². The van der Waals surface area contributed by atoms with Crippen molar-refractivity contribution in [2.75, 3.05) is 5.32 Å². The fourth-order valence-electron chi connectivity index (χ4n) is 2.28. The summed E-state index contributed by atoms with van der Waals surface area (Å²) in [6.45, 7) is 5.90. The van der Waals surface area contributed by atoms with Crippen molar-refractivity contribution in [2.45, 2.75) is 33.3 Å². The average molecular weight is 352 g/mol. The maximum absolute atomic E-state index is 12.4. The molecule has 1 amide bonds. The summed E-state index contributed by atoms with van der Waals surface area (Å²) in [5.74, 6) is 0.476. The van der Waals surface area contributed by atoms with Gasteiger partial charge in [0.05, 0.1) is 10.0 Å². The minimum Gasteiger partial charge on any atom is -0.481 e. The first-order chi connectivity index (χ1) is 10.9. The Morgan fingerprint density at radius 3 is 2.30 bits per heavy atom.